The van der Waals surface area contributed by atoms with E-state index in [0.717, 1.165) is 33.3 Å². The standard InChI is InChI=1S/C21H20N4O3S/c26-19-6-3-14-10-17(4-5-18(14)25-19)28-9-8-23-20(27)11-16-13-29-21(24-16)15-2-1-7-22-12-15/h1-2,4-5,7,10,12-13H,3,6,8-9,11H2,(H,23,27)(H,25,26). The number of carbonyl (C=O) groups is 2. The van der Waals surface area contributed by atoms with Gasteiger partial charge in [-0.2, -0.15) is 0 Å². The molecule has 0 saturated heterocycles. The van der Waals surface area contributed by atoms with Gasteiger partial charge in [-0.1, -0.05) is 0 Å². The molecule has 0 aliphatic carbocycles. The third-order valence-electron chi connectivity index (χ3n) is 4.47. The fraction of sp³-hybridized carbons (Fsp3) is 0.238. The van der Waals surface area contributed by atoms with Gasteiger partial charge < -0.3 is 15.4 Å². The van der Waals surface area contributed by atoms with E-state index in [9.17, 15) is 9.59 Å². The summed E-state index contributed by atoms with van der Waals surface area (Å²) in [5.74, 6) is 0.682. The number of aromatic nitrogens is 2. The molecule has 3 heterocycles. The number of nitrogens with zero attached hydrogens (tertiary/aromatic N) is 2. The minimum Gasteiger partial charge on any atom is -0.492 e. The minimum atomic E-state index is -0.0928. The molecule has 1 aliphatic rings. The second-order valence-electron chi connectivity index (χ2n) is 6.63. The number of benzene rings is 1. The minimum absolute atomic E-state index is 0.0431. The second-order valence-corrected chi connectivity index (χ2v) is 7.49. The van der Waals surface area contributed by atoms with E-state index in [1.807, 2.05) is 35.7 Å². The molecule has 29 heavy (non-hydrogen) atoms. The molecule has 0 radical (unpaired) electrons. The topological polar surface area (TPSA) is 93.2 Å². The lowest BCUT2D eigenvalue weighted by atomic mass is 10.0. The first-order chi connectivity index (χ1) is 14.2. The van der Waals surface area contributed by atoms with Crippen LogP contribution in [0.5, 0.6) is 5.75 Å². The molecular weight excluding hydrogens is 388 g/mol. The van der Waals surface area contributed by atoms with Crippen LogP contribution < -0.4 is 15.4 Å². The molecule has 0 atom stereocenters. The Hall–Kier alpha value is -3.26. The van der Waals surface area contributed by atoms with Gasteiger partial charge in [-0.05, 0) is 42.3 Å². The van der Waals surface area contributed by atoms with Crippen LogP contribution >= 0.6 is 11.3 Å². The average Bonchev–Trinajstić information content (AvgIpc) is 3.20. The highest BCUT2D eigenvalue weighted by Gasteiger charge is 2.15. The first-order valence-electron chi connectivity index (χ1n) is 9.34. The van der Waals surface area contributed by atoms with Gasteiger partial charge in [0.25, 0.3) is 0 Å². The van der Waals surface area contributed by atoms with E-state index < -0.39 is 0 Å². The number of hydrogen-bond donors (Lipinski definition) is 2. The quantitative estimate of drug-likeness (QED) is 0.587. The van der Waals surface area contributed by atoms with Crippen molar-refractivity contribution < 1.29 is 14.3 Å². The number of hydrogen-bond acceptors (Lipinski definition) is 6. The number of amides is 2. The summed E-state index contributed by atoms with van der Waals surface area (Å²) in [5.41, 5.74) is 3.60. The molecule has 1 aliphatic heterocycles. The highest BCUT2D eigenvalue weighted by atomic mass is 32.1. The van der Waals surface area contributed by atoms with Crippen molar-refractivity contribution in [3.05, 3.63) is 59.4 Å². The summed E-state index contributed by atoms with van der Waals surface area (Å²) in [6.07, 6.45) is 4.91. The number of pyridine rings is 1. The fourth-order valence-electron chi connectivity index (χ4n) is 3.05. The SMILES string of the molecule is O=C(Cc1csc(-c2cccnc2)n1)NCCOc1ccc2c(c1)CCC(=O)N2. The van der Waals surface area contributed by atoms with Crippen molar-refractivity contribution in [2.24, 2.45) is 0 Å². The Morgan fingerprint density at radius 2 is 2.21 bits per heavy atom. The molecule has 2 N–H and O–H groups in total. The van der Waals surface area contributed by atoms with E-state index in [2.05, 4.69) is 20.6 Å². The van der Waals surface area contributed by atoms with Crippen molar-refractivity contribution in [3.8, 4) is 16.3 Å². The van der Waals surface area contributed by atoms with Crippen molar-refractivity contribution in [2.75, 3.05) is 18.5 Å². The summed E-state index contributed by atoms with van der Waals surface area (Å²) in [7, 11) is 0. The van der Waals surface area contributed by atoms with Crippen molar-refractivity contribution in [1.29, 1.82) is 0 Å². The van der Waals surface area contributed by atoms with Gasteiger partial charge in [0.15, 0.2) is 0 Å². The van der Waals surface area contributed by atoms with Gasteiger partial charge in [-0.3, -0.25) is 14.6 Å². The number of fused-ring (bicyclic) bond motifs is 1. The Bertz CT molecular complexity index is 1020. The zero-order valence-electron chi connectivity index (χ0n) is 15.7. The Morgan fingerprint density at radius 1 is 1.28 bits per heavy atom. The Labute approximate surface area is 172 Å². The lowest BCUT2D eigenvalue weighted by molar-refractivity contribution is -0.120. The van der Waals surface area contributed by atoms with E-state index in [-0.39, 0.29) is 18.2 Å². The maximum Gasteiger partial charge on any atom is 0.226 e. The summed E-state index contributed by atoms with van der Waals surface area (Å²) < 4.78 is 5.71. The number of rotatable bonds is 7. The van der Waals surface area contributed by atoms with Crippen LogP contribution in [0.2, 0.25) is 0 Å². The van der Waals surface area contributed by atoms with E-state index in [0.29, 0.717) is 26.0 Å². The molecule has 8 heteroatoms. The van der Waals surface area contributed by atoms with E-state index in [1.165, 1.54) is 11.3 Å². The molecule has 0 spiro atoms. The molecule has 0 unspecified atom stereocenters. The largest absolute Gasteiger partial charge is 0.492 e. The highest BCUT2D eigenvalue weighted by Crippen LogP contribution is 2.26. The van der Waals surface area contributed by atoms with Gasteiger partial charge in [0.05, 0.1) is 18.7 Å². The van der Waals surface area contributed by atoms with Crippen LogP contribution in [-0.4, -0.2) is 34.9 Å². The maximum absolute atomic E-state index is 12.1. The number of carbonyl (C=O) groups excluding carboxylic acids is 2. The smallest absolute Gasteiger partial charge is 0.226 e. The third-order valence-corrected chi connectivity index (χ3v) is 5.41. The third kappa shape index (κ3) is 4.97. The van der Waals surface area contributed by atoms with Crippen LogP contribution in [0, 0.1) is 0 Å². The van der Waals surface area contributed by atoms with Crippen LogP contribution in [-0.2, 0) is 22.4 Å². The average molecular weight is 408 g/mol. The molecule has 3 aromatic rings. The number of aryl methyl sites for hydroxylation is 1. The Morgan fingerprint density at radius 3 is 3.07 bits per heavy atom. The molecule has 148 valence electrons. The van der Waals surface area contributed by atoms with Gasteiger partial charge >= 0.3 is 0 Å². The Kier molecular flexibility index (Phi) is 5.81. The second kappa shape index (κ2) is 8.83. The zero-order chi connectivity index (χ0) is 20.1. The zero-order valence-corrected chi connectivity index (χ0v) is 16.5. The molecule has 7 nitrogen and oxygen atoms in total. The summed E-state index contributed by atoms with van der Waals surface area (Å²) in [6, 6.07) is 9.42. The monoisotopic (exact) mass is 408 g/mol. The van der Waals surface area contributed by atoms with E-state index in [1.54, 1.807) is 12.4 Å². The predicted molar refractivity (Wildman–Crippen MR) is 111 cm³/mol. The molecule has 4 rings (SSSR count). The molecule has 0 saturated carbocycles. The van der Waals surface area contributed by atoms with Crippen molar-refractivity contribution >= 4 is 28.8 Å². The van der Waals surface area contributed by atoms with Crippen molar-refractivity contribution in [2.45, 2.75) is 19.3 Å². The first kappa shape index (κ1) is 19.1. The van der Waals surface area contributed by atoms with Gasteiger partial charge in [-0.25, -0.2) is 4.98 Å². The number of ether oxygens (including phenoxy) is 1. The van der Waals surface area contributed by atoms with Crippen LogP contribution in [0.3, 0.4) is 0 Å². The summed E-state index contributed by atoms with van der Waals surface area (Å²) in [4.78, 5) is 32.1. The molecule has 0 fully saturated rings. The van der Waals surface area contributed by atoms with E-state index in [4.69, 9.17) is 4.74 Å². The summed E-state index contributed by atoms with van der Waals surface area (Å²) in [6.45, 7) is 0.779. The lowest BCUT2D eigenvalue weighted by Crippen LogP contribution is -2.29. The highest BCUT2D eigenvalue weighted by molar-refractivity contribution is 7.13. The fourth-order valence-corrected chi connectivity index (χ4v) is 3.86. The van der Waals surface area contributed by atoms with Gasteiger partial charge in [0, 0.05) is 35.4 Å². The number of anilines is 1. The number of nitrogens with one attached hydrogen (secondary N) is 2. The molecule has 1 aromatic carbocycles. The van der Waals surface area contributed by atoms with Crippen molar-refractivity contribution in [1.82, 2.24) is 15.3 Å². The van der Waals surface area contributed by atoms with Crippen LogP contribution in [0.4, 0.5) is 5.69 Å². The van der Waals surface area contributed by atoms with Gasteiger partial charge in [0.2, 0.25) is 11.8 Å². The van der Waals surface area contributed by atoms with Gasteiger partial charge in [0.1, 0.15) is 17.4 Å². The maximum atomic E-state index is 12.1. The lowest BCUT2D eigenvalue weighted by Gasteiger charge is -2.17. The van der Waals surface area contributed by atoms with Crippen LogP contribution in [0.1, 0.15) is 17.7 Å². The van der Waals surface area contributed by atoms with Crippen LogP contribution in [0.15, 0.2) is 48.1 Å². The van der Waals surface area contributed by atoms with Crippen LogP contribution in [0.25, 0.3) is 10.6 Å². The first-order valence-corrected chi connectivity index (χ1v) is 10.2. The molecule has 2 amide bonds. The van der Waals surface area contributed by atoms with E-state index >= 15 is 0 Å². The number of thiazole rings is 1. The molecular formula is C21H20N4O3S. The molecule has 0 bridgehead atoms. The Balaban J connectivity index is 1.22. The summed E-state index contributed by atoms with van der Waals surface area (Å²) >= 11 is 1.50. The molecule has 2 aromatic heterocycles. The predicted octanol–water partition coefficient (Wildman–Crippen LogP) is 2.83. The summed E-state index contributed by atoms with van der Waals surface area (Å²) in [5, 5.41) is 8.44. The van der Waals surface area contributed by atoms with Crippen molar-refractivity contribution in [3.63, 3.8) is 0 Å². The van der Waals surface area contributed by atoms with Gasteiger partial charge in [-0.15, -0.1) is 11.3 Å². The normalized spacial score (nSPS) is 12.8.